The Labute approximate surface area is 115 Å². The first-order valence-corrected chi connectivity index (χ1v) is 5.97. The highest BCUT2D eigenvalue weighted by Gasteiger charge is 2.15. The first-order chi connectivity index (χ1) is 9.47. The highest BCUT2D eigenvalue weighted by atomic mass is 16.4. The van der Waals surface area contributed by atoms with Gasteiger partial charge in [0.15, 0.2) is 0 Å². The topological polar surface area (TPSA) is 83.6 Å². The fourth-order valence-electron chi connectivity index (χ4n) is 1.72. The van der Waals surface area contributed by atoms with Gasteiger partial charge < -0.3 is 14.4 Å². The van der Waals surface area contributed by atoms with Crippen molar-refractivity contribution >= 4 is 11.9 Å². The fraction of sp³-hybridized carbons (Fsp3) is 0.214. The molecule has 0 atom stereocenters. The molecule has 104 valence electrons. The number of furan rings is 1. The van der Waals surface area contributed by atoms with Crippen LogP contribution >= 0.6 is 0 Å². The van der Waals surface area contributed by atoms with Crippen molar-refractivity contribution in [3.05, 3.63) is 53.2 Å². The van der Waals surface area contributed by atoms with E-state index in [-0.39, 0.29) is 17.2 Å². The average molecular weight is 274 g/mol. The number of aromatic nitrogens is 1. The molecule has 6 nitrogen and oxygen atoms in total. The normalized spacial score (nSPS) is 10.3. The van der Waals surface area contributed by atoms with Crippen LogP contribution in [0.3, 0.4) is 0 Å². The fourth-order valence-corrected chi connectivity index (χ4v) is 1.72. The Morgan fingerprint density at radius 1 is 1.30 bits per heavy atom. The molecule has 0 spiro atoms. The number of amides is 1. The lowest BCUT2D eigenvalue weighted by molar-refractivity contribution is 0.0693. The Hall–Kier alpha value is -2.63. The van der Waals surface area contributed by atoms with Gasteiger partial charge in [-0.05, 0) is 31.2 Å². The summed E-state index contributed by atoms with van der Waals surface area (Å²) in [4.78, 5) is 28.1. The average Bonchev–Trinajstić information content (AvgIpc) is 2.83. The molecule has 0 aliphatic carbocycles. The monoisotopic (exact) mass is 274 g/mol. The smallest absolute Gasteiger partial charge is 0.337 e. The van der Waals surface area contributed by atoms with E-state index in [0.29, 0.717) is 12.3 Å². The molecule has 2 rings (SSSR count). The predicted octanol–water partition coefficient (Wildman–Crippen LogP) is 1.95. The van der Waals surface area contributed by atoms with Crippen molar-refractivity contribution in [3.8, 4) is 0 Å². The zero-order chi connectivity index (χ0) is 14.7. The van der Waals surface area contributed by atoms with E-state index in [2.05, 4.69) is 4.98 Å². The lowest BCUT2D eigenvalue weighted by atomic mass is 10.2. The molecule has 20 heavy (non-hydrogen) atoms. The van der Waals surface area contributed by atoms with Crippen LogP contribution in [0.4, 0.5) is 0 Å². The molecule has 0 saturated heterocycles. The van der Waals surface area contributed by atoms with Gasteiger partial charge in [-0.1, -0.05) is 0 Å². The second-order valence-electron chi connectivity index (χ2n) is 4.41. The molecule has 0 fully saturated rings. The number of aromatic carboxylic acids is 1. The van der Waals surface area contributed by atoms with Gasteiger partial charge in [0.2, 0.25) is 0 Å². The summed E-state index contributed by atoms with van der Waals surface area (Å²) in [6.07, 6.45) is 1.17. The van der Waals surface area contributed by atoms with Crippen molar-refractivity contribution in [1.82, 2.24) is 9.88 Å². The molecule has 2 heterocycles. The number of nitrogens with zero attached hydrogens (tertiary/aromatic N) is 2. The molecule has 0 radical (unpaired) electrons. The van der Waals surface area contributed by atoms with Crippen LogP contribution in [-0.2, 0) is 6.54 Å². The van der Waals surface area contributed by atoms with Gasteiger partial charge in [-0.25, -0.2) is 4.79 Å². The van der Waals surface area contributed by atoms with Crippen LogP contribution in [0.15, 0.2) is 34.9 Å². The number of carbonyl (C=O) groups excluding carboxylic acids is 1. The van der Waals surface area contributed by atoms with E-state index in [9.17, 15) is 9.59 Å². The zero-order valence-corrected chi connectivity index (χ0v) is 11.2. The minimum atomic E-state index is -1.07. The van der Waals surface area contributed by atoms with Crippen molar-refractivity contribution in [1.29, 1.82) is 0 Å². The van der Waals surface area contributed by atoms with Crippen molar-refractivity contribution in [2.75, 3.05) is 7.05 Å². The van der Waals surface area contributed by atoms with Crippen LogP contribution in [0, 0.1) is 6.92 Å². The first-order valence-electron chi connectivity index (χ1n) is 5.97. The molecular weight excluding hydrogens is 260 g/mol. The molecule has 0 aliphatic heterocycles. The van der Waals surface area contributed by atoms with Crippen LogP contribution in [0.5, 0.6) is 0 Å². The summed E-state index contributed by atoms with van der Waals surface area (Å²) in [6, 6.07) is 6.39. The summed E-state index contributed by atoms with van der Waals surface area (Å²) in [5.74, 6) is 0.0946. The van der Waals surface area contributed by atoms with Crippen LogP contribution < -0.4 is 0 Å². The van der Waals surface area contributed by atoms with Crippen LogP contribution in [0.25, 0.3) is 0 Å². The maximum Gasteiger partial charge on any atom is 0.337 e. The Bertz CT molecular complexity index is 631. The molecule has 1 N–H and O–H groups in total. The van der Waals surface area contributed by atoms with Crippen molar-refractivity contribution in [3.63, 3.8) is 0 Å². The Balaban J connectivity index is 2.08. The van der Waals surface area contributed by atoms with E-state index < -0.39 is 5.97 Å². The van der Waals surface area contributed by atoms with Gasteiger partial charge >= 0.3 is 5.97 Å². The molecule has 0 unspecified atom stereocenters. The third kappa shape index (κ3) is 3.03. The lowest BCUT2D eigenvalue weighted by Gasteiger charge is -2.15. The number of hydrogen-bond acceptors (Lipinski definition) is 4. The summed E-state index contributed by atoms with van der Waals surface area (Å²) in [7, 11) is 1.63. The number of carboxylic acids is 1. The van der Waals surface area contributed by atoms with E-state index in [1.165, 1.54) is 23.2 Å². The third-order valence-corrected chi connectivity index (χ3v) is 2.77. The molecule has 2 aromatic rings. The van der Waals surface area contributed by atoms with Gasteiger partial charge in [0.25, 0.3) is 5.91 Å². The maximum absolute atomic E-state index is 12.1. The van der Waals surface area contributed by atoms with Crippen LogP contribution in [0.2, 0.25) is 0 Å². The van der Waals surface area contributed by atoms with E-state index in [1.54, 1.807) is 13.1 Å². The molecule has 0 bridgehead atoms. The summed E-state index contributed by atoms with van der Waals surface area (Å²) in [5.41, 5.74) is 0.242. The van der Waals surface area contributed by atoms with E-state index >= 15 is 0 Å². The Morgan fingerprint density at radius 3 is 2.55 bits per heavy atom. The molecule has 0 aromatic carbocycles. The number of aryl methyl sites for hydroxylation is 1. The zero-order valence-electron chi connectivity index (χ0n) is 11.2. The van der Waals surface area contributed by atoms with Crippen molar-refractivity contribution < 1.29 is 19.1 Å². The van der Waals surface area contributed by atoms with Gasteiger partial charge in [-0.3, -0.25) is 9.78 Å². The van der Waals surface area contributed by atoms with Crippen LogP contribution in [-0.4, -0.2) is 33.9 Å². The van der Waals surface area contributed by atoms with Gasteiger partial charge in [0, 0.05) is 13.2 Å². The highest BCUT2D eigenvalue weighted by Crippen LogP contribution is 2.11. The minimum absolute atomic E-state index is 0.0471. The van der Waals surface area contributed by atoms with E-state index in [1.807, 2.05) is 13.0 Å². The number of hydrogen-bond donors (Lipinski definition) is 1. The minimum Gasteiger partial charge on any atom is -0.478 e. The summed E-state index contributed by atoms with van der Waals surface area (Å²) >= 11 is 0. The molecule has 0 aliphatic rings. The summed E-state index contributed by atoms with van der Waals surface area (Å²) in [6.45, 7) is 2.16. The summed E-state index contributed by atoms with van der Waals surface area (Å²) < 4.78 is 5.40. The number of pyridine rings is 1. The third-order valence-electron chi connectivity index (χ3n) is 2.77. The second kappa shape index (κ2) is 5.56. The lowest BCUT2D eigenvalue weighted by Crippen LogP contribution is -2.26. The second-order valence-corrected chi connectivity index (χ2v) is 4.41. The van der Waals surface area contributed by atoms with Gasteiger partial charge in [-0.15, -0.1) is 0 Å². The quantitative estimate of drug-likeness (QED) is 0.921. The summed E-state index contributed by atoms with van der Waals surface area (Å²) in [5, 5.41) is 8.77. The SMILES string of the molecule is Cc1ccc(CN(C)C(=O)c2ccc(C(=O)O)cn2)o1. The Kier molecular flexibility index (Phi) is 3.84. The van der Waals surface area contributed by atoms with Gasteiger partial charge in [-0.2, -0.15) is 0 Å². The molecule has 1 amide bonds. The number of carbonyl (C=O) groups is 2. The van der Waals surface area contributed by atoms with Crippen LogP contribution in [0.1, 0.15) is 32.4 Å². The van der Waals surface area contributed by atoms with Crippen molar-refractivity contribution in [2.24, 2.45) is 0 Å². The number of rotatable bonds is 4. The molecule has 6 heteroatoms. The molecular formula is C14H14N2O4. The predicted molar refractivity (Wildman–Crippen MR) is 70.4 cm³/mol. The van der Waals surface area contributed by atoms with Gasteiger partial charge in [0.05, 0.1) is 12.1 Å². The van der Waals surface area contributed by atoms with E-state index in [4.69, 9.17) is 9.52 Å². The van der Waals surface area contributed by atoms with E-state index in [0.717, 1.165) is 5.76 Å². The maximum atomic E-state index is 12.1. The molecule has 2 aromatic heterocycles. The first kappa shape index (κ1) is 13.8. The Morgan fingerprint density at radius 2 is 2.05 bits per heavy atom. The highest BCUT2D eigenvalue weighted by molar-refractivity contribution is 5.93. The van der Waals surface area contributed by atoms with Gasteiger partial charge in [0.1, 0.15) is 17.2 Å². The van der Waals surface area contributed by atoms with Crippen molar-refractivity contribution in [2.45, 2.75) is 13.5 Å². The largest absolute Gasteiger partial charge is 0.478 e. The molecule has 0 saturated carbocycles. The number of carboxylic acid groups (broad SMARTS) is 1. The standard InChI is InChI=1S/C14H14N2O4/c1-9-3-5-11(20-9)8-16(2)13(17)12-6-4-10(7-15-12)14(18)19/h3-7H,8H2,1-2H3,(H,18,19).